The van der Waals surface area contributed by atoms with E-state index in [1.807, 2.05) is 0 Å². The number of piperidine rings is 1. The highest BCUT2D eigenvalue weighted by Gasteiger charge is 2.29. The van der Waals surface area contributed by atoms with E-state index in [-0.39, 0.29) is 30.2 Å². The molecule has 0 saturated carbocycles. The normalized spacial score (nSPS) is 25.1. The van der Waals surface area contributed by atoms with Gasteiger partial charge in [-0.05, 0) is 18.6 Å². The number of rotatable bonds is 1. The van der Waals surface area contributed by atoms with Crippen LogP contribution in [0.25, 0.3) is 0 Å². The van der Waals surface area contributed by atoms with Gasteiger partial charge in [0, 0.05) is 18.1 Å². The standard InChI is InChI=1S/C11H12ClF2NO2/c12-6-3-7(13)11(8(14)4-6)15-2-1-9(16)10(17)5-15/h3-4,9-10,16-17H,1-2,5H2/t9-,10-/m1/s1. The first-order valence-corrected chi connectivity index (χ1v) is 5.62. The third-order valence-electron chi connectivity index (χ3n) is 2.84. The van der Waals surface area contributed by atoms with Gasteiger partial charge in [-0.25, -0.2) is 8.78 Å². The first-order chi connectivity index (χ1) is 7.99. The molecule has 2 rings (SSSR count). The molecule has 94 valence electrons. The summed E-state index contributed by atoms with van der Waals surface area (Å²) in [6.07, 6.45) is -1.58. The fraction of sp³-hybridized carbons (Fsp3) is 0.455. The Morgan fingerprint density at radius 3 is 2.29 bits per heavy atom. The molecule has 0 spiro atoms. The molecule has 2 N–H and O–H groups in total. The molecule has 1 aliphatic heterocycles. The smallest absolute Gasteiger partial charge is 0.151 e. The van der Waals surface area contributed by atoms with Crippen LogP contribution in [0.15, 0.2) is 12.1 Å². The molecule has 6 heteroatoms. The van der Waals surface area contributed by atoms with Crippen molar-refractivity contribution in [3.63, 3.8) is 0 Å². The van der Waals surface area contributed by atoms with Crippen molar-refractivity contribution in [2.45, 2.75) is 18.6 Å². The van der Waals surface area contributed by atoms with E-state index in [9.17, 15) is 19.0 Å². The van der Waals surface area contributed by atoms with Gasteiger partial charge in [0.2, 0.25) is 0 Å². The third kappa shape index (κ3) is 2.51. The van der Waals surface area contributed by atoms with E-state index in [0.717, 1.165) is 12.1 Å². The van der Waals surface area contributed by atoms with Gasteiger partial charge in [0.15, 0.2) is 11.6 Å². The molecule has 1 aliphatic rings. The minimum Gasteiger partial charge on any atom is -0.390 e. The maximum atomic E-state index is 13.6. The van der Waals surface area contributed by atoms with Gasteiger partial charge in [0.25, 0.3) is 0 Å². The van der Waals surface area contributed by atoms with Crippen LogP contribution >= 0.6 is 11.6 Å². The van der Waals surface area contributed by atoms with Crippen molar-refractivity contribution in [1.82, 2.24) is 0 Å². The summed E-state index contributed by atoms with van der Waals surface area (Å²) in [6.45, 7) is 0.282. The number of halogens is 3. The summed E-state index contributed by atoms with van der Waals surface area (Å²) in [5.74, 6) is -1.53. The van der Waals surface area contributed by atoms with Gasteiger partial charge in [0.1, 0.15) is 5.69 Å². The summed E-state index contributed by atoms with van der Waals surface area (Å²) in [7, 11) is 0. The van der Waals surface area contributed by atoms with Gasteiger partial charge >= 0.3 is 0 Å². The van der Waals surface area contributed by atoms with Crippen molar-refractivity contribution in [2.75, 3.05) is 18.0 Å². The van der Waals surface area contributed by atoms with Gasteiger partial charge in [-0.2, -0.15) is 0 Å². The molecule has 2 atom stereocenters. The number of benzene rings is 1. The maximum Gasteiger partial charge on any atom is 0.151 e. The van der Waals surface area contributed by atoms with Crippen molar-refractivity contribution in [1.29, 1.82) is 0 Å². The molecule has 1 aromatic rings. The van der Waals surface area contributed by atoms with Crippen molar-refractivity contribution < 1.29 is 19.0 Å². The van der Waals surface area contributed by atoms with Gasteiger partial charge in [-0.1, -0.05) is 11.6 Å². The first-order valence-electron chi connectivity index (χ1n) is 5.24. The van der Waals surface area contributed by atoms with Crippen molar-refractivity contribution in [2.24, 2.45) is 0 Å². The molecule has 17 heavy (non-hydrogen) atoms. The van der Waals surface area contributed by atoms with E-state index >= 15 is 0 Å². The van der Waals surface area contributed by atoms with Crippen LogP contribution in [0.5, 0.6) is 0 Å². The Kier molecular flexibility index (Phi) is 3.51. The molecule has 0 radical (unpaired) electrons. The van der Waals surface area contributed by atoms with Crippen molar-refractivity contribution in [3.05, 3.63) is 28.8 Å². The molecule has 1 aromatic carbocycles. The van der Waals surface area contributed by atoms with Crippen LogP contribution in [0.4, 0.5) is 14.5 Å². The quantitative estimate of drug-likeness (QED) is 0.808. The minimum absolute atomic E-state index is 0.00333. The number of nitrogens with zero attached hydrogens (tertiary/aromatic N) is 1. The topological polar surface area (TPSA) is 43.7 Å². The molecular formula is C11H12ClF2NO2. The van der Waals surface area contributed by atoms with Crippen LogP contribution < -0.4 is 4.90 Å². The van der Waals surface area contributed by atoms with Crippen LogP contribution in [0.2, 0.25) is 5.02 Å². The van der Waals surface area contributed by atoms with E-state index < -0.39 is 23.8 Å². The van der Waals surface area contributed by atoms with Gasteiger partial charge in [0.05, 0.1) is 12.2 Å². The lowest BCUT2D eigenvalue weighted by molar-refractivity contribution is 0.00775. The lowest BCUT2D eigenvalue weighted by Gasteiger charge is -2.35. The van der Waals surface area contributed by atoms with E-state index in [1.165, 1.54) is 4.90 Å². The highest BCUT2D eigenvalue weighted by Crippen LogP contribution is 2.29. The number of hydrogen-bond donors (Lipinski definition) is 2. The molecule has 1 fully saturated rings. The molecule has 1 saturated heterocycles. The van der Waals surface area contributed by atoms with Crippen molar-refractivity contribution in [3.8, 4) is 0 Å². The predicted molar refractivity (Wildman–Crippen MR) is 60.2 cm³/mol. The lowest BCUT2D eigenvalue weighted by Crippen LogP contribution is -2.47. The lowest BCUT2D eigenvalue weighted by atomic mass is 10.0. The Labute approximate surface area is 102 Å². The number of β-amino-alcohol motifs (C(OH)–C–C–N with tert-alkyl or cyclic N) is 1. The van der Waals surface area contributed by atoms with Crippen LogP contribution in [0, 0.1) is 11.6 Å². The van der Waals surface area contributed by atoms with Gasteiger partial charge in [-0.3, -0.25) is 0 Å². The molecular weight excluding hydrogens is 252 g/mol. The fourth-order valence-corrected chi connectivity index (χ4v) is 2.15. The zero-order chi connectivity index (χ0) is 12.6. The van der Waals surface area contributed by atoms with E-state index in [0.29, 0.717) is 0 Å². The number of hydrogen-bond acceptors (Lipinski definition) is 3. The number of aliphatic hydroxyl groups is 2. The highest BCUT2D eigenvalue weighted by molar-refractivity contribution is 6.30. The van der Waals surface area contributed by atoms with Crippen LogP contribution in [-0.2, 0) is 0 Å². The average molecular weight is 264 g/mol. The Morgan fingerprint density at radius 2 is 1.76 bits per heavy atom. The fourth-order valence-electron chi connectivity index (χ4n) is 1.96. The molecule has 1 heterocycles. The molecule has 0 aliphatic carbocycles. The summed E-state index contributed by atoms with van der Waals surface area (Å²) in [6, 6.07) is 2.05. The van der Waals surface area contributed by atoms with Crippen LogP contribution in [-0.4, -0.2) is 35.5 Å². The van der Waals surface area contributed by atoms with Gasteiger partial charge < -0.3 is 15.1 Å². The number of anilines is 1. The molecule has 3 nitrogen and oxygen atoms in total. The molecule has 0 bridgehead atoms. The van der Waals surface area contributed by atoms with Crippen LogP contribution in [0.1, 0.15) is 6.42 Å². The zero-order valence-corrected chi connectivity index (χ0v) is 9.66. The monoisotopic (exact) mass is 263 g/mol. The summed E-state index contributed by atoms with van der Waals surface area (Å²) in [4.78, 5) is 1.37. The van der Waals surface area contributed by atoms with Crippen molar-refractivity contribution >= 4 is 17.3 Å². The van der Waals surface area contributed by atoms with Crippen LogP contribution in [0.3, 0.4) is 0 Å². The number of aliphatic hydroxyl groups excluding tert-OH is 2. The molecule has 0 unspecified atom stereocenters. The molecule has 0 aromatic heterocycles. The summed E-state index contributed by atoms with van der Waals surface area (Å²) in [5.41, 5.74) is -0.208. The Bertz CT molecular complexity index is 407. The highest BCUT2D eigenvalue weighted by atomic mass is 35.5. The predicted octanol–water partition coefficient (Wildman–Crippen LogP) is 1.55. The van der Waals surface area contributed by atoms with E-state index in [4.69, 9.17) is 11.6 Å². The first kappa shape index (κ1) is 12.5. The van der Waals surface area contributed by atoms with E-state index in [2.05, 4.69) is 0 Å². The summed E-state index contributed by atoms with van der Waals surface area (Å²) in [5, 5.41) is 18.8. The molecule has 0 amide bonds. The zero-order valence-electron chi connectivity index (χ0n) is 8.91. The second kappa shape index (κ2) is 4.76. The second-order valence-electron chi connectivity index (χ2n) is 4.09. The maximum absolute atomic E-state index is 13.6. The third-order valence-corrected chi connectivity index (χ3v) is 3.06. The average Bonchev–Trinajstić information content (AvgIpc) is 2.21. The Morgan fingerprint density at radius 1 is 1.18 bits per heavy atom. The SMILES string of the molecule is O[C@@H]1CCN(c2c(F)cc(Cl)cc2F)C[C@H]1O. The van der Waals surface area contributed by atoms with E-state index in [1.54, 1.807) is 0 Å². The second-order valence-corrected chi connectivity index (χ2v) is 4.52. The minimum atomic E-state index is -1.00. The Balaban J connectivity index is 2.29. The summed E-state index contributed by atoms with van der Waals surface area (Å²) < 4.78 is 27.2. The largest absolute Gasteiger partial charge is 0.390 e. The summed E-state index contributed by atoms with van der Waals surface area (Å²) >= 11 is 5.53. The van der Waals surface area contributed by atoms with Gasteiger partial charge in [-0.15, -0.1) is 0 Å². The Hall–Kier alpha value is -0.910.